The fraction of sp³-hybridized carbons (Fsp3) is 0.619. The van der Waals surface area contributed by atoms with E-state index in [-0.39, 0.29) is 12.0 Å². The summed E-state index contributed by atoms with van der Waals surface area (Å²) in [5.74, 6) is 0.812. The molecule has 0 aliphatic carbocycles. The van der Waals surface area contributed by atoms with Gasteiger partial charge in [0.05, 0.1) is 12.7 Å². The second kappa shape index (κ2) is 13.1. The number of hydrogen-bond acceptors (Lipinski definition) is 4. The minimum atomic E-state index is 0.106. The lowest BCUT2D eigenvalue weighted by Gasteiger charge is -2.18. The Bertz CT molecular complexity index is 589. The molecular formula is C21H34N4O3. The Balaban J connectivity index is 1.51. The monoisotopic (exact) mass is 390 g/mol. The van der Waals surface area contributed by atoms with Gasteiger partial charge in [0.1, 0.15) is 0 Å². The molecule has 1 amide bonds. The van der Waals surface area contributed by atoms with Crippen molar-refractivity contribution in [1.29, 1.82) is 0 Å². The van der Waals surface area contributed by atoms with Gasteiger partial charge in [0, 0.05) is 53.4 Å². The summed E-state index contributed by atoms with van der Waals surface area (Å²) < 4.78 is 11.2. The third-order valence-corrected chi connectivity index (χ3v) is 4.63. The van der Waals surface area contributed by atoms with Crippen LogP contribution in [0, 0.1) is 0 Å². The molecule has 28 heavy (non-hydrogen) atoms. The number of carbonyl (C=O) groups is 1. The summed E-state index contributed by atoms with van der Waals surface area (Å²) in [6.45, 7) is 4.19. The average Bonchev–Trinajstić information content (AvgIpc) is 3.23. The van der Waals surface area contributed by atoms with Crippen LogP contribution in [0.25, 0.3) is 0 Å². The van der Waals surface area contributed by atoms with Crippen LogP contribution < -0.4 is 10.6 Å². The van der Waals surface area contributed by atoms with Crippen LogP contribution in [0.1, 0.15) is 31.2 Å². The van der Waals surface area contributed by atoms with Gasteiger partial charge in [-0.2, -0.15) is 0 Å². The van der Waals surface area contributed by atoms with E-state index >= 15 is 0 Å². The van der Waals surface area contributed by atoms with Gasteiger partial charge in [-0.05, 0) is 24.8 Å². The molecular weight excluding hydrogens is 356 g/mol. The van der Waals surface area contributed by atoms with E-state index in [9.17, 15) is 4.79 Å². The van der Waals surface area contributed by atoms with Crippen molar-refractivity contribution in [2.75, 3.05) is 47.0 Å². The van der Waals surface area contributed by atoms with Crippen molar-refractivity contribution in [2.24, 2.45) is 4.99 Å². The Morgan fingerprint density at radius 2 is 2.07 bits per heavy atom. The Morgan fingerprint density at radius 1 is 1.29 bits per heavy atom. The van der Waals surface area contributed by atoms with Gasteiger partial charge < -0.3 is 25.0 Å². The van der Waals surface area contributed by atoms with Gasteiger partial charge in [-0.3, -0.25) is 9.79 Å². The molecule has 1 saturated heterocycles. The zero-order valence-corrected chi connectivity index (χ0v) is 17.2. The zero-order valence-electron chi connectivity index (χ0n) is 17.2. The summed E-state index contributed by atoms with van der Waals surface area (Å²) in [4.78, 5) is 18.2. The van der Waals surface area contributed by atoms with Gasteiger partial charge in [-0.1, -0.05) is 30.3 Å². The predicted octanol–water partition coefficient (Wildman–Crippen LogP) is 1.79. The fourth-order valence-electron chi connectivity index (χ4n) is 3.02. The van der Waals surface area contributed by atoms with Crippen LogP contribution in [0.4, 0.5) is 0 Å². The molecule has 1 atom stereocenters. The average molecular weight is 391 g/mol. The molecule has 1 aromatic carbocycles. The topological polar surface area (TPSA) is 75.2 Å². The molecule has 1 fully saturated rings. The van der Waals surface area contributed by atoms with Crippen LogP contribution in [-0.4, -0.2) is 69.9 Å². The molecule has 0 saturated carbocycles. The summed E-state index contributed by atoms with van der Waals surface area (Å²) in [6, 6.07) is 10.00. The van der Waals surface area contributed by atoms with Crippen molar-refractivity contribution >= 4 is 11.9 Å². The lowest BCUT2D eigenvalue weighted by molar-refractivity contribution is -0.130. The minimum absolute atomic E-state index is 0.106. The lowest BCUT2D eigenvalue weighted by atomic mass is 10.2. The first-order chi connectivity index (χ1) is 13.7. The number of benzene rings is 1. The zero-order chi connectivity index (χ0) is 20.0. The Labute approximate surface area is 168 Å². The highest BCUT2D eigenvalue weighted by Gasteiger charge is 2.15. The maximum atomic E-state index is 12.3. The van der Waals surface area contributed by atoms with Gasteiger partial charge in [0.25, 0.3) is 0 Å². The number of carbonyl (C=O) groups excluding carboxylic acids is 1. The number of ether oxygens (including phenoxy) is 2. The third-order valence-electron chi connectivity index (χ3n) is 4.63. The van der Waals surface area contributed by atoms with Crippen molar-refractivity contribution in [2.45, 2.75) is 38.3 Å². The number of guanidine groups is 1. The van der Waals surface area contributed by atoms with Crippen LogP contribution in [0.3, 0.4) is 0 Å². The predicted molar refractivity (Wildman–Crippen MR) is 111 cm³/mol. The molecule has 0 bridgehead atoms. The van der Waals surface area contributed by atoms with Crippen molar-refractivity contribution in [1.82, 2.24) is 15.5 Å². The molecule has 1 aliphatic rings. The maximum Gasteiger partial charge on any atom is 0.224 e. The molecule has 156 valence electrons. The number of amides is 1. The quantitative estimate of drug-likeness (QED) is 0.342. The number of hydrogen-bond donors (Lipinski definition) is 2. The van der Waals surface area contributed by atoms with E-state index in [1.807, 2.05) is 37.4 Å². The number of nitrogens with one attached hydrogen (secondary N) is 2. The first-order valence-corrected chi connectivity index (χ1v) is 10.1. The highest BCUT2D eigenvalue weighted by Crippen LogP contribution is 2.11. The fourth-order valence-corrected chi connectivity index (χ4v) is 3.02. The maximum absolute atomic E-state index is 12.3. The number of aliphatic imine (C=N–C) groups is 1. The standard InChI is InChI=1S/C21H34N4O3/c1-22-21(23-12-7-14-27-17-19-10-6-15-28-19)24-13-11-20(26)25(2)16-18-8-4-3-5-9-18/h3-5,8-9,19H,6-7,10-17H2,1-2H3,(H2,22,23,24). The van der Waals surface area contributed by atoms with E-state index in [1.54, 1.807) is 11.9 Å². The SMILES string of the molecule is CN=C(NCCCOCC1CCCO1)NCCC(=O)N(C)Cc1ccccc1. The second-order valence-corrected chi connectivity index (χ2v) is 6.97. The van der Waals surface area contributed by atoms with Crippen LogP contribution in [0.2, 0.25) is 0 Å². The van der Waals surface area contributed by atoms with E-state index < -0.39 is 0 Å². The first kappa shape index (κ1) is 22.2. The van der Waals surface area contributed by atoms with E-state index in [2.05, 4.69) is 15.6 Å². The molecule has 2 rings (SSSR count). The lowest BCUT2D eigenvalue weighted by Crippen LogP contribution is -2.40. The molecule has 1 aliphatic heterocycles. The number of nitrogens with zero attached hydrogens (tertiary/aromatic N) is 2. The van der Waals surface area contributed by atoms with Crippen LogP contribution in [-0.2, 0) is 20.8 Å². The molecule has 0 spiro atoms. The first-order valence-electron chi connectivity index (χ1n) is 10.1. The molecule has 7 heteroatoms. The summed E-state index contributed by atoms with van der Waals surface area (Å²) in [7, 11) is 3.56. The number of rotatable bonds is 11. The Kier molecular flexibility index (Phi) is 10.4. The molecule has 0 radical (unpaired) electrons. The van der Waals surface area contributed by atoms with Crippen LogP contribution >= 0.6 is 0 Å². The van der Waals surface area contributed by atoms with Crippen molar-refractivity contribution in [3.8, 4) is 0 Å². The summed E-state index contributed by atoms with van der Waals surface area (Å²) in [5.41, 5.74) is 1.13. The van der Waals surface area contributed by atoms with Gasteiger partial charge in [0.2, 0.25) is 5.91 Å². The summed E-state index contributed by atoms with van der Waals surface area (Å²) in [5, 5.41) is 6.43. The van der Waals surface area contributed by atoms with Gasteiger partial charge in [-0.25, -0.2) is 0 Å². The van der Waals surface area contributed by atoms with Crippen molar-refractivity contribution in [3.05, 3.63) is 35.9 Å². The van der Waals surface area contributed by atoms with Gasteiger partial charge in [0.15, 0.2) is 5.96 Å². The van der Waals surface area contributed by atoms with E-state index in [0.29, 0.717) is 38.7 Å². The van der Waals surface area contributed by atoms with E-state index in [4.69, 9.17) is 9.47 Å². The highest BCUT2D eigenvalue weighted by atomic mass is 16.5. The molecule has 1 unspecified atom stereocenters. The minimum Gasteiger partial charge on any atom is -0.379 e. The normalized spacial score (nSPS) is 16.8. The van der Waals surface area contributed by atoms with Crippen molar-refractivity contribution < 1.29 is 14.3 Å². The molecule has 1 aromatic rings. The second-order valence-electron chi connectivity index (χ2n) is 6.97. The Hall–Kier alpha value is -2.12. The van der Waals surface area contributed by atoms with E-state index in [0.717, 1.165) is 38.0 Å². The molecule has 2 N–H and O–H groups in total. The molecule has 0 aromatic heterocycles. The van der Waals surface area contributed by atoms with Crippen molar-refractivity contribution in [3.63, 3.8) is 0 Å². The highest BCUT2D eigenvalue weighted by molar-refractivity contribution is 5.81. The summed E-state index contributed by atoms with van der Waals surface area (Å²) >= 11 is 0. The largest absolute Gasteiger partial charge is 0.379 e. The van der Waals surface area contributed by atoms with Crippen LogP contribution in [0.5, 0.6) is 0 Å². The summed E-state index contributed by atoms with van der Waals surface area (Å²) in [6.07, 6.45) is 3.84. The van der Waals surface area contributed by atoms with E-state index in [1.165, 1.54) is 0 Å². The third kappa shape index (κ3) is 8.71. The van der Waals surface area contributed by atoms with Crippen LogP contribution in [0.15, 0.2) is 35.3 Å². The molecule has 1 heterocycles. The molecule has 7 nitrogen and oxygen atoms in total. The Morgan fingerprint density at radius 3 is 2.79 bits per heavy atom. The van der Waals surface area contributed by atoms with Gasteiger partial charge >= 0.3 is 0 Å². The van der Waals surface area contributed by atoms with Gasteiger partial charge in [-0.15, -0.1) is 0 Å². The smallest absolute Gasteiger partial charge is 0.224 e.